The summed E-state index contributed by atoms with van der Waals surface area (Å²) in [4.78, 5) is 10.2. The zero-order valence-corrected chi connectivity index (χ0v) is 19.1. The predicted octanol–water partition coefficient (Wildman–Crippen LogP) is 7.38. The Bertz CT molecular complexity index is 265. The molecule has 0 aromatic rings. The van der Waals surface area contributed by atoms with Crippen LogP contribution >= 0.6 is 12.6 Å². The van der Waals surface area contributed by atoms with Crippen LogP contribution in [0.1, 0.15) is 129 Å². The van der Waals surface area contributed by atoms with Crippen molar-refractivity contribution in [3.8, 4) is 0 Å². The van der Waals surface area contributed by atoms with Gasteiger partial charge in [0.1, 0.15) is 0 Å². The highest BCUT2D eigenvalue weighted by atomic mass is 32.1. The molecule has 0 atom stereocenters. The van der Waals surface area contributed by atoms with E-state index in [1.54, 1.807) is 0 Å². The quantitative estimate of drug-likeness (QED) is 0.147. The van der Waals surface area contributed by atoms with Gasteiger partial charge in [-0.1, -0.05) is 103 Å². The largest absolute Gasteiger partial charge is 0.481 e. The van der Waals surface area contributed by atoms with E-state index in [4.69, 9.17) is 10.8 Å². The monoisotopic (exact) mass is 403 g/mol. The maximum Gasteiger partial charge on any atom is 0.303 e. The first-order valence-electron chi connectivity index (χ1n) is 11.7. The first-order valence-corrected chi connectivity index (χ1v) is 12.3. The van der Waals surface area contributed by atoms with E-state index in [-0.39, 0.29) is 0 Å². The highest BCUT2D eigenvalue weighted by Crippen LogP contribution is 2.10. The van der Waals surface area contributed by atoms with Crippen molar-refractivity contribution in [3.63, 3.8) is 0 Å². The zero-order valence-electron chi connectivity index (χ0n) is 18.2. The van der Waals surface area contributed by atoms with Gasteiger partial charge in [0.15, 0.2) is 0 Å². The molecule has 164 valence electrons. The van der Waals surface area contributed by atoms with Gasteiger partial charge in [0.2, 0.25) is 0 Å². The molecule has 0 fully saturated rings. The number of nitrogens with two attached hydrogens (primary N) is 1. The molecule has 0 rings (SSSR count). The molecule has 0 amide bonds. The van der Waals surface area contributed by atoms with Crippen molar-refractivity contribution in [2.75, 3.05) is 12.3 Å². The van der Waals surface area contributed by atoms with Crippen molar-refractivity contribution < 1.29 is 9.90 Å². The number of carboxylic acid groups (broad SMARTS) is 1. The number of hydrogen-bond donors (Lipinski definition) is 3. The summed E-state index contributed by atoms with van der Waals surface area (Å²) in [5, 5.41) is 8.41. The third-order valence-corrected chi connectivity index (χ3v) is 5.17. The fourth-order valence-electron chi connectivity index (χ4n) is 3.08. The van der Waals surface area contributed by atoms with Gasteiger partial charge in [-0.25, -0.2) is 0 Å². The van der Waals surface area contributed by atoms with Crippen LogP contribution in [-0.4, -0.2) is 23.4 Å². The molecule has 4 heteroatoms. The van der Waals surface area contributed by atoms with Crippen LogP contribution in [0.25, 0.3) is 0 Å². The summed E-state index contributed by atoms with van der Waals surface area (Å²) in [6, 6.07) is 0. The molecule has 0 radical (unpaired) electrons. The number of thiol groups is 1. The van der Waals surface area contributed by atoms with Gasteiger partial charge in [-0.3, -0.25) is 4.79 Å². The Labute approximate surface area is 175 Å². The molecule has 0 aromatic carbocycles. The van der Waals surface area contributed by atoms with Crippen LogP contribution in [0.15, 0.2) is 0 Å². The Kier molecular flexibility index (Phi) is 30.1. The van der Waals surface area contributed by atoms with Crippen LogP contribution in [0.5, 0.6) is 0 Å². The standard InChI is InChI=1S/C12H27N.C11H22O2S/c1-2-3-4-5-6-7-8-9-10-11-12-13;12-11(13)9-7-5-3-1-2-4-6-8-10-14/h2-13H2,1H3;14H,1-10H2,(H,12,13). The van der Waals surface area contributed by atoms with E-state index in [0.29, 0.717) is 6.42 Å². The lowest BCUT2D eigenvalue weighted by Gasteiger charge is -2.00. The molecule has 0 aliphatic rings. The van der Waals surface area contributed by atoms with E-state index in [1.807, 2.05) is 0 Å². The van der Waals surface area contributed by atoms with E-state index < -0.39 is 5.97 Å². The highest BCUT2D eigenvalue weighted by molar-refractivity contribution is 7.80. The van der Waals surface area contributed by atoms with Crippen molar-refractivity contribution in [2.24, 2.45) is 5.73 Å². The van der Waals surface area contributed by atoms with E-state index in [2.05, 4.69) is 19.6 Å². The third kappa shape index (κ3) is 33.8. The molecule has 3 nitrogen and oxygen atoms in total. The average molecular weight is 404 g/mol. The van der Waals surface area contributed by atoms with E-state index in [9.17, 15) is 4.79 Å². The van der Waals surface area contributed by atoms with Crippen LogP contribution in [0.2, 0.25) is 0 Å². The minimum absolute atomic E-state index is 0.333. The molecule has 0 spiro atoms. The molecule has 0 unspecified atom stereocenters. The number of carbonyl (C=O) groups is 1. The zero-order chi connectivity index (χ0) is 20.4. The lowest BCUT2D eigenvalue weighted by Crippen LogP contribution is -1.97. The summed E-state index contributed by atoms with van der Waals surface area (Å²) in [5.74, 6) is 0.331. The minimum atomic E-state index is -0.668. The van der Waals surface area contributed by atoms with Gasteiger partial charge < -0.3 is 10.8 Å². The summed E-state index contributed by atoms with van der Waals surface area (Å²) in [5.41, 5.74) is 5.42. The number of rotatable bonds is 20. The molecule has 3 N–H and O–H groups in total. The van der Waals surface area contributed by atoms with Crippen molar-refractivity contribution in [2.45, 2.75) is 129 Å². The fraction of sp³-hybridized carbons (Fsp3) is 0.957. The van der Waals surface area contributed by atoms with E-state index in [0.717, 1.165) is 25.1 Å². The molecule has 0 aromatic heterocycles. The van der Waals surface area contributed by atoms with Gasteiger partial charge >= 0.3 is 5.97 Å². The van der Waals surface area contributed by atoms with Crippen LogP contribution in [0, 0.1) is 0 Å². The normalized spacial score (nSPS) is 10.5. The Morgan fingerprint density at radius 2 is 1.04 bits per heavy atom. The Balaban J connectivity index is 0. The second kappa shape index (κ2) is 28.0. The van der Waals surface area contributed by atoms with Crippen molar-refractivity contribution in [1.82, 2.24) is 0 Å². The second-order valence-electron chi connectivity index (χ2n) is 7.67. The molecule has 27 heavy (non-hydrogen) atoms. The topological polar surface area (TPSA) is 63.3 Å². The van der Waals surface area contributed by atoms with Crippen LogP contribution < -0.4 is 5.73 Å². The average Bonchev–Trinajstić information content (AvgIpc) is 2.66. The number of unbranched alkanes of at least 4 members (excludes halogenated alkanes) is 16. The first-order chi connectivity index (χ1) is 13.2. The lowest BCUT2D eigenvalue weighted by molar-refractivity contribution is -0.137. The second-order valence-corrected chi connectivity index (χ2v) is 8.11. The third-order valence-electron chi connectivity index (χ3n) is 4.86. The fourth-order valence-corrected chi connectivity index (χ4v) is 3.30. The van der Waals surface area contributed by atoms with Gasteiger partial charge in [0.25, 0.3) is 0 Å². The van der Waals surface area contributed by atoms with Crippen molar-refractivity contribution >= 4 is 18.6 Å². The summed E-state index contributed by atoms with van der Waals surface area (Å²) < 4.78 is 0. The van der Waals surface area contributed by atoms with Gasteiger partial charge in [0, 0.05) is 6.42 Å². The predicted molar refractivity (Wildman–Crippen MR) is 124 cm³/mol. The van der Waals surface area contributed by atoms with Crippen molar-refractivity contribution in [1.29, 1.82) is 0 Å². The van der Waals surface area contributed by atoms with Crippen LogP contribution in [0.4, 0.5) is 0 Å². The maximum atomic E-state index is 10.2. The molecule has 0 bridgehead atoms. The Morgan fingerprint density at radius 3 is 1.41 bits per heavy atom. The number of aliphatic carboxylic acids is 1. The summed E-state index contributed by atoms with van der Waals surface area (Å²) in [6.07, 6.45) is 23.7. The number of hydrogen-bond acceptors (Lipinski definition) is 3. The summed E-state index contributed by atoms with van der Waals surface area (Å²) >= 11 is 4.16. The molecule has 0 saturated heterocycles. The van der Waals surface area contributed by atoms with E-state index in [1.165, 1.54) is 103 Å². The van der Waals surface area contributed by atoms with Gasteiger partial charge in [0.05, 0.1) is 0 Å². The number of carboxylic acids is 1. The molecule has 0 saturated carbocycles. The van der Waals surface area contributed by atoms with Gasteiger partial charge in [-0.2, -0.15) is 12.6 Å². The van der Waals surface area contributed by atoms with Gasteiger partial charge in [-0.05, 0) is 31.6 Å². The Hall–Kier alpha value is -0.220. The minimum Gasteiger partial charge on any atom is -0.481 e. The lowest BCUT2D eigenvalue weighted by atomic mass is 10.1. The molecular weight excluding hydrogens is 354 g/mol. The summed E-state index contributed by atoms with van der Waals surface area (Å²) in [6.45, 7) is 3.14. The molecular formula is C23H49NO2S. The van der Waals surface area contributed by atoms with E-state index >= 15 is 0 Å². The molecule has 0 heterocycles. The van der Waals surface area contributed by atoms with Crippen LogP contribution in [-0.2, 0) is 4.79 Å². The molecule has 0 aliphatic carbocycles. The van der Waals surface area contributed by atoms with Crippen molar-refractivity contribution in [3.05, 3.63) is 0 Å². The summed E-state index contributed by atoms with van der Waals surface area (Å²) in [7, 11) is 0. The Morgan fingerprint density at radius 1 is 0.667 bits per heavy atom. The highest BCUT2D eigenvalue weighted by Gasteiger charge is 1.96. The maximum absolute atomic E-state index is 10.2. The first kappa shape index (κ1) is 29.0. The van der Waals surface area contributed by atoms with Crippen LogP contribution in [0.3, 0.4) is 0 Å². The smallest absolute Gasteiger partial charge is 0.303 e. The van der Waals surface area contributed by atoms with Gasteiger partial charge in [-0.15, -0.1) is 0 Å². The molecule has 0 aliphatic heterocycles. The SMILES string of the molecule is CCCCCCCCCCCCN.O=C(O)CCCCCCCCCCS.